The molecule has 7 nitrogen and oxygen atoms in total. The number of hydrogen-bond acceptors (Lipinski definition) is 5. The second-order valence-corrected chi connectivity index (χ2v) is 6.16. The van der Waals surface area contributed by atoms with Gasteiger partial charge in [0, 0.05) is 55.6 Å². The maximum absolute atomic E-state index is 12.4. The summed E-state index contributed by atoms with van der Waals surface area (Å²) < 4.78 is 5.28. The largest absolute Gasteiger partial charge is 0.496 e. The van der Waals surface area contributed by atoms with Gasteiger partial charge in [-0.1, -0.05) is 18.2 Å². The number of benzene rings is 2. The number of carbonyl (C=O) groups is 1. The van der Waals surface area contributed by atoms with Gasteiger partial charge < -0.3 is 14.5 Å². The highest BCUT2D eigenvalue weighted by atomic mass is 16.6. The van der Waals surface area contributed by atoms with Crippen LogP contribution in [0.4, 0.5) is 11.4 Å². The van der Waals surface area contributed by atoms with E-state index in [0.717, 1.165) is 17.0 Å². The summed E-state index contributed by atoms with van der Waals surface area (Å²) in [7, 11) is 1.60. The van der Waals surface area contributed by atoms with Crippen LogP contribution in [0, 0.1) is 10.1 Å². The Morgan fingerprint density at radius 3 is 2.37 bits per heavy atom. The SMILES string of the molecule is COc1ccccc1/C=C/C(=O)N1CCN(c2ccc([N+](=O)[O-])cc2)CC1. The Labute approximate surface area is 157 Å². The predicted octanol–water partition coefficient (Wildman–Crippen LogP) is 2.97. The molecule has 27 heavy (non-hydrogen) atoms. The Morgan fingerprint density at radius 2 is 1.74 bits per heavy atom. The maximum atomic E-state index is 12.4. The fourth-order valence-corrected chi connectivity index (χ4v) is 3.04. The molecule has 1 amide bonds. The van der Waals surface area contributed by atoms with E-state index in [4.69, 9.17) is 4.74 Å². The summed E-state index contributed by atoms with van der Waals surface area (Å²) in [5.41, 5.74) is 1.86. The maximum Gasteiger partial charge on any atom is 0.269 e. The van der Waals surface area contributed by atoms with E-state index in [9.17, 15) is 14.9 Å². The summed E-state index contributed by atoms with van der Waals surface area (Å²) in [5, 5.41) is 10.7. The van der Waals surface area contributed by atoms with Gasteiger partial charge in [0.15, 0.2) is 0 Å². The molecule has 0 bridgehead atoms. The normalized spacial score (nSPS) is 14.4. The van der Waals surface area contributed by atoms with Gasteiger partial charge in [-0.2, -0.15) is 0 Å². The second kappa shape index (κ2) is 8.35. The number of amides is 1. The van der Waals surface area contributed by atoms with Gasteiger partial charge in [-0.3, -0.25) is 14.9 Å². The van der Waals surface area contributed by atoms with Crippen molar-refractivity contribution < 1.29 is 14.5 Å². The minimum absolute atomic E-state index is 0.0377. The van der Waals surface area contributed by atoms with Crippen LogP contribution < -0.4 is 9.64 Å². The van der Waals surface area contributed by atoms with Crippen LogP contribution in [0.15, 0.2) is 54.6 Å². The number of rotatable bonds is 5. The first-order valence-corrected chi connectivity index (χ1v) is 8.68. The number of anilines is 1. The molecule has 140 valence electrons. The summed E-state index contributed by atoms with van der Waals surface area (Å²) in [6, 6.07) is 14.0. The zero-order valence-corrected chi connectivity index (χ0v) is 15.1. The van der Waals surface area contributed by atoms with Gasteiger partial charge in [0.25, 0.3) is 5.69 Å². The fourth-order valence-electron chi connectivity index (χ4n) is 3.04. The molecule has 1 fully saturated rings. The molecule has 0 atom stereocenters. The lowest BCUT2D eigenvalue weighted by molar-refractivity contribution is -0.384. The number of non-ortho nitro benzene ring substituents is 1. The lowest BCUT2D eigenvalue weighted by Crippen LogP contribution is -2.48. The van der Waals surface area contributed by atoms with Gasteiger partial charge in [0.1, 0.15) is 5.75 Å². The Kier molecular flexibility index (Phi) is 5.71. The average molecular weight is 367 g/mol. The number of nitro benzene ring substituents is 1. The van der Waals surface area contributed by atoms with Crippen LogP contribution >= 0.6 is 0 Å². The fraction of sp³-hybridized carbons (Fsp3) is 0.250. The number of methoxy groups -OCH3 is 1. The molecule has 0 aromatic heterocycles. The highest BCUT2D eigenvalue weighted by Crippen LogP contribution is 2.21. The topological polar surface area (TPSA) is 75.9 Å². The third-order valence-corrected chi connectivity index (χ3v) is 4.56. The molecule has 0 aliphatic carbocycles. The van der Waals surface area contributed by atoms with Crippen molar-refractivity contribution in [3.8, 4) is 5.75 Å². The van der Waals surface area contributed by atoms with Gasteiger partial charge >= 0.3 is 0 Å². The van der Waals surface area contributed by atoms with E-state index in [0.29, 0.717) is 26.2 Å². The third kappa shape index (κ3) is 4.44. The summed E-state index contributed by atoms with van der Waals surface area (Å²) >= 11 is 0. The van der Waals surface area contributed by atoms with Gasteiger partial charge in [-0.15, -0.1) is 0 Å². The van der Waals surface area contributed by atoms with Gasteiger partial charge in [-0.05, 0) is 24.3 Å². The first kappa shape index (κ1) is 18.4. The van der Waals surface area contributed by atoms with Crippen molar-refractivity contribution in [1.82, 2.24) is 4.90 Å². The highest BCUT2D eigenvalue weighted by Gasteiger charge is 2.20. The van der Waals surface area contributed by atoms with Crippen molar-refractivity contribution in [3.05, 3.63) is 70.3 Å². The van der Waals surface area contributed by atoms with E-state index >= 15 is 0 Å². The zero-order valence-electron chi connectivity index (χ0n) is 15.1. The molecule has 1 heterocycles. The highest BCUT2D eigenvalue weighted by molar-refractivity contribution is 5.92. The van der Waals surface area contributed by atoms with Crippen molar-refractivity contribution in [2.45, 2.75) is 0 Å². The molecule has 1 aliphatic rings. The number of nitro groups is 1. The third-order valence-electron chi connectivity index (χ3n) is 4.56. The second-order valence-electron chi connectivity index (χ2n) is 6.16. The van der Waals surface area contributed by atoms with Crippen LogP contribution in [0.2, 0.25) is 0 Å². The van der Waals surface area contributed by atoms with Crippen molar-refractivity contribution in [1.29, 1.82) is 0 Å². The first-order valence-electron chi connectivity index (χ1n) is 8.68. The summed E-state index contributed by atoms with van der Waals surface area (Å²) in [4.78, 5) is 26.7. The minimum Gasteiger partial charge on any atom is -0.496 e. The Morgan fingerprint density at radius 1 is 1.07 bits per heavy atom. The average Bonchev–Trinajstić information content (AvgIpc) is 2.72. The molecule has 7 heteroatoms. The van der Waals surface area contributed by atoms with Gasteiger partial charge in [0.05, 0.1) is 12.0 Å². The number of piperazine rings is 1. The van der Waals surface area contributed by atoms with E-state index in [1.54, 1.807) is 36.3 Å². The van der Waals surface area contributed by atoms with E-state index in [1.165, 1.54) is 12.1 Å². The number of ether oxygens (including phenoxy) is 1. The van der Waals surface area contributed by atoms with E-state index in [2.05, 4.69) is 4.90 Å². The monoisotopic (exact) mass is 367 g/mol. The van der Waals surface area contributed by atoms with Crippen LogP contribution in [0.3, 0.4) is 0 Å². The van der Waals surface area contributed by atoms with Crippen molar-refractivity contribution in [2.24, 2.45) is 0 Å². The molecule has 0 saturated carbocycles. The lowest BCUT2D eigenvalue weighted by atomic mass is 10.2. The molecule has 0 unspecified atom stereocenters. The minimum atomic E-state index is -0.408. The van der Waals surface area contributed by atoms with E-state index in [1.807, 2.05) is 24.3 Å². The van der Waals surface area contributed by atoms with E-state index in [-0.39, 0.29) is 11.6 Å². The molecule has 0 N–H and O–H groups in total. The van der Waals surface area contributed by atoms with E-state index < -0.39 is 4.92 Å². The number of hydrogen-bond donors (Lipinski definition) is 0. The quantitative estimate of drug-likeness (QED) is 0.461. The molecule has 1 saturated heterocycles. The zero-order chi connectivity index (χ0) is 19.2. The molecule has 2 aromatic rings. The Balaban J connectivity index is 1.57. The predicted molar refractivity (Wildman–Crippen MR) is 104 cm³/mol. The van der Waals surface area contributed by atoms with Gasteiger partial charge in [0.2, 0.25) is 5.91 Å². The number of carbonyl (C=O) groups excluding carboxylic acids is 1. The van der Waals surface area contributed by atoms with Crippen LogP contribution in [0.5, 0.6) is 5.75 Å². The molecular formula is C20H21N3O4. The Bertz CT molecular complexity index is 841. The summed E-state index contributed by atoms with van der Waals surface area (Å²) in [6.45, 7) is 2.58. The van der Waals surface area contributed by atoms with Crippen LogP contribution in [0.1, 0.15) is 5.56 Å². The Hall–Kier alpha value is -3.35. The molecule has 0 spiro atoms. The van der Waals surface area contributed by atoms with Gasteiger partial charge in [-0.25, -0.2) is 0 Å². The molecule has 3 rings (SSSR count). The molecule has 0 radical (unpaired) electrons. The number of nitrogens with zero attached hydrogens (tertiary/aromatic N) is 3. The summed E-state index contributed by atoms with van der Waals surface area (Å²) in [5.74, 6) is 0.689. The first-order chi connectivity index (χ1) is 13.1. The van der Waals surface area contributed by atoms with Crippen molar-refractivity contribution in [3.63, 3.8) is 0 Å². The standard InChI is InChI=1S/C20H21N3O4/c1-27-19-5-3-2-4-16(19)6-11-20(24)22-14-12-21(13-15-22)17-7-9-18(10-8-17)23(25)26/h2-11H,12-15H2,1H3/b11-6+. The summed E-state index contributed by atoms with van der Waals surface area (Å²) in [6.07, 6.45) is 3.34. The van der Waals surface area contributed by atoms with Crippen LogP contribution in [0.25, 0.3) is 6.08 Å². The molecule has 2 aromatic carbocycles. The van der Waals surface area contributed by atoms with Crippen LogP contribution in [-0.2, 0) is 4.79 Å². The molecular weight excluding hydrogens is 346 g/mol. The van der Waals surface area contributed by atoms with Crippen LogP contribution in [-0.4, -0.2) is 49.0 Å². The smallest absolute Gasteiger partial charge is 0.269 e. The van der Waals surface area contributed by atoms with Crippen molar-refractivity contribution >= 4 is 23.4 Å². The lowest BCUT2D eigenvalue weighted by Gasteiger charge is -2.35. The number of para-hydroxylation sites is 1. The van der Waals surface area contributed by atoms with Crippen molar-refractivity contribution in [2.75, 3.05) is 38.2 Å². The molecule has 1 aliphatic heterocycles.